The highest BCUT2D eigenvalue weighted by molar-refractivity contribution is 6.36. The summed E-state index contributed by atoms with van der Waals surface area (Å²) in [5.74, 6) is 0. The van der Waals surface area contributed by atoms with E-state index in [1.807, 2.05) is 63.0 Å². The molecule has 0 saturated carbocycles. The Hall–Kier alpha value is -2.31. The Bertz CT molecular complexity index is 445. The van der Waals surface area contributed by atoms with Crippen molar-refractivity contribution >= 4 is 7.12 Å². The average Bonchev–Trinajstić information content (AvgIpc) is 3.02. The molecule has 0 unspecified atom stereocenters. The van der Waals surface area contributed by atoms with E-state index in [0.717, 1.165) is 0 Å². The molecule has 3 aromatic heterocycles. The molecule has 0 spiro atoms. The molecule has 6 nitrogen and oxygen atoms in total. The largest absolute Gasteiger partial charge is 1.05 e. The van der Waals surface area contributed by atoms with Crippen molar-refractivity contribution in [2.24, 2.45) is 0 Å². The minimum atomic E-state index is -0.0833. The van der Waals surface area contributed by atoms with Gasteiger partial charge in [-0.2, -0.15) is 19.9 Å². The first-order valence-corrected chi connectivity index (χ1v) is 5.03. The number of H-pyrrole nitrogens is 2. The Balaban J connectivity index is 2.09. The van der Waals surface area contributed by atoms with Crippen LogP contribution in [0.5, 0.6) is 0 Å². The lowest BCUT2D eigenvalue weighted by Crippen LogP contribution is -2.75. The third-order valence-corrected chi connectivity index (χ3v) is 2.39. The maximum Gasteiger partial charge on any atom is 1.05 e. The number of nitrogens with zero attached hydrogens (tertiary/aromatic N) is 4. The van der Waals surface area contributed by atoms with Crippen molar-refractivity contribution < 1.29 is 9.19 Å². The van der Waals surface area contributed by atoms with Crippen LogP contribution in [0.2, 0.25) is 0 Å². The van der Waals surface area contributed by atoms with Gasteiger partial charge in [-0.3, -0.25) is 0 Å². The predicted molar refractivity (Wildman–Crippen MR) is 56.2 cm³/mol. The molecule has 0 amide bonds. The van der Waals surface area contributed by atoms with E-state index in [2.05, 4.69) is 15.3 Å². The van der Waals surface area contributed by atoms with Crippen LogP contribution in [0.15, 0.2) is 55.4 Å². The van der Waals surface area contributed by atoms with Gasteiger partial charge in [0.05, 0.1) is 12.4 Å². The maximum absolute atomic E-state index is 4.26. The molecule has 0 aliphatic carbocycles. The average molecular weight is 214 g/mol. The van der Waals surface area contributed by atoms with E-state index in [4.69, 9.17) is 0 Å². The van der Waals surface area contributed by atoms with Gasteiger partial charge in [-0.05, 0) is 6.07 Å². The van der Waals surface area contributed by atoms with Gasteiger partial charge < -0.3 is 0 Å². The van der Waals surface area contributed by atoms with Crippen LogP contribution in [0.3, 0.4) is 0 Å². The fraction of sp³-hybridized carbons (Fsp3) is 0. The number of rotatable bonds is 3. The van der Waals surface area contributed by atoms with Crippen LogP contribution in [0.4, 0.5) is 0 Å². The fourth-order valence-electron chi connectivity index (χ4n) is 1.71. The molecule has 0 radical (unpaired) electrons. The van der Waals surface area contributed by atoms with E-state index in [-0.39, 0.29) is 7.12 Å². The van der Waals surface area contributed by atoms with Crippen LogP contribution >= 0.6 is 0 Å². The van der Waals surface area contributed by atoms with Gasteiger partial charge in [0.2, 0.25) is 0 Å². The normalized spacial score (nSPS) is 10.5. The fourth-order valence-corrected chi connectivity index (χ4v) is 1.71. The first-order chi connectivity index (χ1) is 7.95. The van der Waals surface area contributed by atoms with E-state index in [9.17, 15) is 0 Å². The Morgan fingerprint density at radius 1 is 1.00 bits per heavy atom. The molecule has 7 heteroatoms. The standard InChI is InChI=1S/C9H9BN6/c1-4-11-14(7-1)10(15-8-2-5-12-15)16-9-3-6-13-16/h1-9H/p+2. The molecule has 3 aromatic rings. The summed E-state index contributed by atoms with van der Waals surface area (Å²) in [5, 5.41) is 10.5. The lowest BCUT2D eigenvalue weighted by Gasteiger charge is -1.94. The van der Waals surface area contributed by atoms with Gasteiger partial charge in [0.15, 0.2) is 12.4 Å². The SMILES string of the molecule is c1cnn(B([n+]2ccc[nH]2)[n+]2ccc[nH]2)c1. The van der Waals surface area contributed by atoms with E-state index >= 15 is 0 Å². The number of aromatic nitrogens is 6. The van der Waals surface area contributed by atoms with Gasteiger partial charge in [-0.15, -0.1) is 9.19 Å². The number of hydrogen-bond donors (Lipinski definition) is 2. The zero-order chi connectivity index (χ0) is 10.8. The van der Waals surface area contributed by atoms with Crippen molar-refractivity contribution in [2.45, 2.75) is 0 Å². The van der Waals surface area contributed by atoms with Gasteiger partial charge in [0.1, 0.15) is 0 Å². The number of aromatic amines is 2. The summed E-state index contributed by atoms with van der Waals surface area (Å²) in [7, 11) is -0.0833. The summed E-state index contributed by atoms with van der Waals surface area (Å²) >= 11 is 0. The van der Waals surface area contributed by atoms with Crippen LogP contribution in [0, 0.1) is 0 Å². The summed E-state index contributed by atoms with van der Waals surface area (Å²) in [5.41, 5.74) is 0. The van der Waals surface area contributed by atoms with Gasteiger partial charge >= 0.3 is 7.12 Å². The van der Waals surface area contributed by atoms with E-state index in [1.54, 1.807) is 6.20 Å². The Labute approximate surface area is 92.3 Å². The highest BCUT2D eigenvalue weighted by atomic mass is 15.4. The van der Waals surface area contributed by atoms with Gasteiger partial charge in [0, 0.05) is 24.5 Å². The molecule has 0 atom stereocenters. The molecular formula is C9H11BN6+2. The summed E-state index contributed by atoms with van der Waals surface area (Å²) in [6, 6.07) is 5.79. The zero-order valence-electron chi connectivity index (χ0n) is 8.56. The highest BCUT2D eigenvalue weighted by Gasteiger charge is 2.54. The molecule has 0 aromatic carbocycles. The van der Waals surface area contributed by atoms with Crippen LogP contribution < -0.4 is 9.19 Å². The van der Waals surface area contributed by atoms with Gasteiger partial charge in [-0.25, -0.2) is 0 Å². The Kier molecular flexibility index (Phi) is 2.07. The molecule has 0 bridgehead atoms. The molecule has 3 heterocycles. The van der Waals surface area contributed by atoms with Crippen molar-refractivity contribution in [1.82, 2.24) is 19.9 Å². The second kappa shape index (κ2) is 3.69. The lowest BCUT2D eigenvalue weighted by molar-refractivity contribution is -0.734. The van der Waals surface area contributed by atoms with Crippen molar-refractivity contribution in [3.63, 3.8) is 0 Å². The van der Waals surface area contributed by atoms with Crippen molar-refractivity contribution in [3.8, 4) is 0 Å². The van der Waals surface area contributed by atoms with Gasteiger partial charge in [-0.1, -0.05) is 0 Å². The molecule has 78 valence electrons. The first kappa shape index (κ1) is 8.96. The zero-order valence-corrected chi connectivity index (χ0v) is 8.56. The minimum absolute atomic E-state index is 0.0833. The number of nitrogens with one attached hydrogen (secondary N) is 2. The van der Waals surface area contributed by atoms with Crippen LogP contribution in [0.1, 0.15) is 0 Å². The second-order valence-corrected chi connectivity index (χ2v) is 3.42. The van der Waals surface area contributed by atoms with Crippen molar-refractivity contribution in [1.29, 1.82) is 0 Å². The third-order valence-electron chi connectivity index (χ3n) is 2.39. The molecule has 16 heavy (non-hydrogen) atoms. The van der Waals surface area contributed by atoms with Gasteiger partial charge in [0.25, 0.3) is 0 Å². The molecule has 2 N–H and O–H groups in total. The van der Waals surface area contributed by atoms with Crippen molar-refractivity contribution in [3.05, 3.63) is 55.4 Å². The second-order valence-electron chi connectivity index (χ2n) is 3.42. The molecule has 0 aliphatic heterocycles. The van der Waals surface area contributed by atoms with E-state index < -0.39 is 0 Å². The summed E-state index contributed by atoms with van der Waals surface area (Å²) < 4.78 is 5.75. The molecule has 0 fully saturated rings. The molecule has 0 aliphatic rings. The lowest BCUT2D eigenvalue weighted by atomic mass is 9.96. The third kappa shape index (κ3) is 1.42. The highest BCUT2D eigenvalue weighted by Crippen LogP contribution is 1.84. The summed E-state index contributed by atoms with van der Waals surface area (Å²) in [4.78, 5) is 0. The first-order valence-electron chi connectivity index (χ1n) is 5.03. The van der Waals surface area contributed by atoms with Crippen LogP contribution in [0.25, 0.3) is 0 Å². The minimum Gasteiger partial charge on any atom is -0.189 e. The van der Waals surface area contributed by atoms with Crippen LogP contribution in [-0.2, 0) is 0 Å². The molecular weight excluding hydrogens is 203 g/mol. The topological polar surface area (TPSA) is 57.2 Å². The molecule has 3 rings (SSSR count). The number of hydrogen-bond acceptors (Lipinski definition) is 1. The summed E-state index contributed by atoms with van der Waals surface area (Å²) in [6.45, 7) is 0. The predicted octanol–water partition coefficient (Wildman–Crippen LogP) is -0.956. The molecule has 0 saturated heterocycles. The van der Waals surface area contributed by atoms with Crippen LogP contribution in [-0.4, -0.2) is 27.0 Å². The quantitative estimate of drug-likeness (QED) is 0.542. The Morgan fingerprint density at radius 3 is 2.12 bits per heavy atom. The monoisotopic (exact) mass is 214 g/mol. The smallest absolute Gasteiger partial charge is 0.189 e. The summed E-state index contributed by atoms with van der Waals surface area (Å²) in [6.07, 6.45) is 11.4. The van der Waals surface area contributed by atoms with Crippen molar-refractivity contribution in [2.75, 3.05) is 0 Å². The Morgan fingerprint density at radius 2 is 1.69 bits per heavy atom. The van der Waals surface area contributed by atoms with E-state index in [1.165, 1.54) is 0 Å². The maximum atomic E-state index is 4.26. The van der Waals surface area contributed by atoms with E-state index in [0.29, 0.717) is 0 Å².